The van der Waals surface area contributed by atoms with Crippen LogP contribution in [0, 0.1) is 0 Å². The first-order valence-electron chi connectivity index (χ1n) is 7.65. The van der Waals surface area contributed by atoms with Crippen LogP contribution in [0.5, 0.6) is 0 Å². The van der Waals surface area contributed by atoms with Crippen LogP contribution in [0.2, 0.25) is 0 Å². The number of carbonyl (C=O) groups excluding carboxylic acids is 1. The SMILES string of the molecule is CC(C)c1cc(C(=O)N2Cc3ccccc3[C@H](O)C2)nc(N)n1. The Balaban J connectivity index is 1.90. The normalized spacial score (nSPS) is 17.2. The average Bonchev–Trinajstić information content (AvgIpc) is 2.53. The van der Waals surface area contributed by atoms with E-state index in [4.69, 9.17) is 5.73 Å². The van der Waals surface area contributed by atoms with E-state index < -0.39 is 6.10 Å². The highest BCUT2D eigenvalue weighted by Gasteiger charge is 2.28. The van der Waals surface area contributed by atoms with E-state index >= 15 is 0 Å². The second-order valence-electron chi connectivity index (χ2n) is 6.09. The lowest BCUT2D eigenvalue weighted by Crippen LogP contribution is -2.38. The number of benzene rings is 1. The van der Waals surface area contributed by atoms with Crippen LogP contribution in [-0.4, -0.2) is 32.4 Å². The Morgan fingerprint density at radius 3 is 2.83 bits per heavy atom. The van der Waals surface area contributed by atoms with Crippen molar-refractivity contribution in [3.63, 3.8) is 0 Å². The summed E-state index contributed by atoms with van der Waals surface area (Å²) >= 11 is 0. The van der Waals surface area contributed by atoms with Crippen molar-refractivity contribution in [2.75, 3.05) is 12.3 Å². The van der Waals surface area contributed by atoms with Crippen LogP contribution in [0.3, 0.4) is 0 Å². The molecule has 0 bridgehead atoms. The molecule has 1 atom stereocenters. The topological polar surface area (TPSA) is 92.3 Å². The lowest BCUT2D eigenvalue weighted by Gasteiger charge is -2.32. The smallest absolute Gasteiger partial charge is 0.273 e. The molecule has 1 aromatic heterocycles. The standard InChI is InChI=1S/C17H20N4O2/c1-10(2)13-7-14(20-17(18)19-13)16(23)21-8-11-5-3-4-6-12(11)15(22)9-21/h3-7,10,15,22H,8-9H2,1-2H3,(H2,18,19,20)/t15-/m1/s1. The van der Waals surface area contributed by atoms with E-state index in [-0.39, 0.29) is 30.0 Å². The van der Waals surface area contributed by atoms with Gasteiger partial charge in [0.05, 0.1) is 12.6 Å². The van der Waals surface area contributed by atoms with Crippen LogP contribution in [-0.2, 0) is 6.54 Å². The summed E-state index contributed by atoms with van der Waals surface area (Å²) in [6.07, 6.45) is -0.687. The maximum Gasteiger partial charge on any atom is 0.273 e. The molecule has 0 aliphatic carbocycles. The number of fused-ring (bicyclic) bond motifs is 1. The van der Waals surface area contributed by atoms with E-state index in [0.29, 0.717) is 6.54 Å². The van der Waals surface area contributed by atoms with Gasteiger partial charge in [0.15, 0.2) is 0 Å². The number of carbonyl (C=O) groups is 1. The average molecular weight is 312 g/mol. The third-order valence-corrected chi connectivity index (χ3v) is 4.03. The number of nitrogens with zero attached hydrogens (tertiary/aromatic N) is 3. The second-order valence-corrected chi connectivity index (χ2v) is 6.09. The van der Waals surface area contributed by atoms with Gasteiger partial charge in [-0.1, -0.05) is 38.1 Å². The number of aromatic nitrogens is 2. The second kappa shape index (κ2) is 5.96. The van der Waals surface area contributed by atoms with Gasteiger partial charge in [-0.25, -0.2) is 9.97 Å². The zero-order valence-electron chi connectivity index (χ0n) is 13.2. The molecule has 1 aliphatic rings. The Labute approximate surface area is 135 Å². The van der Waals surface area contributed by atoms with Crippen molar-refractivity contribution in [1.82, 2.24) is 14.9 Å². The molecule has 3 N–H and O–H groups in total. The van der Waals surface area contributed by atoms with Crippen LogP contribution in [0.25, 0.3) is 0 Å². The third kappa shape index (κ3) is 3.03. The largest absolute Gasteiger partial charge is 0.387 e. The lowest BCUT2D eigenvalue weighted by atomic mass is 9.97. The first-order chi connectivity index (χ1) is 11.0. The molecule has 0 fully saturated rings. The Kier molecular flexibility index (Phi) is 4.00. The minimum atomic E-state index is -0.687. The molecule has 6 heteroatoms. The Hall–Kier alpha value is -2.47. The minimum absolute atomic E-state index is 0.0949. The summed E-state index contributed by atoms with van der Waals surface area (Å²) < 4.78 is 0. The summed E-state index contributed by atoms with van der Waals surface area (Å²) in [6.45, 7) is 4.66. The number of hydrogen-bond acceptors (Lipinski definition) is 5. The highest BCUT2D eigenvalue weighted by atomic mass is 16.3. The molecule has 2 aromatic rings. The molecule has 0 saturated heterocycles. The van der Waals surface area contributed by atoms with Crippen molar-refractivity contribution in [1.29, 1.82) is 0 Å². The van der Waals surface area contributed by atoms with E-state index in [0.717, 1.165) is 16.8 Å². The van der Waals surface area contributed by atoms with E-state index in [1.807, 2.05) is 38.1 Å². The van der Waals surface area contributed by atoms with Crippen LogP contribution in [0.15, 0.2) is 30.3 Å². The number of rotatable bonds is 2. The summed E-state index contributed by atoms with van der Waals surface area (Å²) in [5, 5.41) is 10.3. The molecule has 120 valence electrons. The molecular formula is C17H20N4O2. The van der Waals surface area contributed by atoms with E-state index in [1.54, 1.807) is 11.0 Å². The number of β-amino-alcohol motifs (C(OH)–C–C–N with tert-alkyl or cyclic N) is 1. The highest BCUT2D eigenvalue weighted by molar-refractivity contribution is 5.92. The Morgan fingerprint density at radius 1 is 1.35 bits per heavy atom. The highest BCUT2D eigenvalue weighted by Crippen LogP contribution is 2.27. The van der Waals surface area contributed by atoms with Crippen molar-refractivity contribution >= 4 is 11.9 Å². The van der Waals surface area contributed by atoms with Crippen LogP contribution in [0.1, 0.15) is 53.2 Å². The number of aliphatic hydroxyl groups is 1. The number of nitrogens with two attached hydrogens (primary N) is 1. The molecule has 0 saturated carbocycles. The molecule has 1 aliphatic heterocycles. The molecule has 1 aromatic carbocycles. The van der Waals surface area contributed by atoms with Gasteiger partial charge in [-0.3, -0.25) is 4.79 Å². The van der Waals surface area contributed by atoms with Gasteiger partial charge in [-0.15, -0.1) is 0 Å². The fourth-order valence-electron chi connectivity index (χ4n) is 2.79. The van der Waals surface area contributed by atoms with Gasteiger partial charge in [0.25, 0.3) is 5.91 Å². The van der Waals surface area contributed by atoms with Gasteiger partial charge >= 0.3 is 0 Å². The molecule has 23 heavy (non-hydrogen) atoms. The Morgan fingerprint density at radius 2 is 2.09 bits per heavy atom. The van der Waals surface area contributed by atoms with Gasteiger partial charge in [0.1, 0.15) is 5.69 Å². The predicted molar refractivity (Wildman–Crippen MR) is 86.7 cm³/mol. The number of amides is 1. The molecule has 0 radical (unpaired) electrons. The van der Waals surface area contributed by atoms with Gasteiger partial charge in [-0.2, -0.15) is 0 Å². The molecule has 3 rings (SSSR count). The molecule has 0 unspecified atom stereocenters. The fraction of sp³-hybridized carbons (Fsp3) is 0.353. The first kappa shape index (κ1) is 15.4. The zero-order chi connectivity index (χ0) is 16.6. The van der Waals surface area contributed by atoms with Crippen molar-refractivity contribution in [2.24, 2.45) is 0 Å². The molecule has 1 amide bonds. The van der Waals surface area contributed by atoms with Crippen LogP contribution < -0.4 is 5.73 Å². The van der Waals surface area contributed by atoms with Gasteiger partial charge < -0.3 is 15.7 Å². The van der Waals surface area contributed by atoms with Crippen LogP contribution >= 0.6 is 0 Å². The van der Waals surface area contributed by atoms with Gasteiger partial charge in [0.2, 0.25) is 5.95 Å². The monoisotopic (exact) mass is 312 g/mol. The van der Waals surface area contributed by atoms with Crippen molar-refractivity contribution in [2.45, 2.75) is 32.4 Å². The summed E-state index contributed by atoms with van der Waals surface area (Å²) in [6, 6.07) is 9.28. The fourth-order valence-corrected chi connectivity index (χ4v) is 2.79. The zero-order valence-corrected chi connectivity index (χ0v) is 13.2. The number of anilines is 1. The number of aliphatic hydroxyl groups excluding tert-OH is 1. The Bertz CT molecular complexity index is 745. The summed E-state index contributed by atoms with van der Waals surface area (Å²) in [7, 11) is 0. The van der Waals surface area contributed by atoms with Crippen molar-refractivity contribution in [3.05, 3.63) is 52.8 Å². The lowest BCUT2D eigenvalue weighted by molar-refractivity contribution is 0.0544. The number of nitrogen functional groups attached to an aromatic ring is 1. The molecule has 2 heterocycles. The minimum Gasteiger partial charge on any atom is -0.387 e. The van der Waals surface area contributed by atoms with E-state index in [2.05, 4.69) is 9.97 Å². The predicted octanol–water partition coefficient (Wildman–Crippen LogP) is 1.87. The summed E-state index contributed by atoms with van der Waals surface area (Å²) in [5.74, 6) is 0.00610. The van der Waals surface area contributed by atoms with Crippen LogP contribution in [0.4, 0.5) is 5.95 Å². The molecule has 0 spiro atoms. The van der Waals surface area contributed by atoms with Gasteiger partial charge in [-0.05, 0) is 23.1 Å². The number of hydrogen-bond donors (Lipinski definition) is 2. The summed E-state index contributed by atoms with van der Waals surface area (Å²) in [4.78, 5) is 22.6. The molecule has 6 nitrogen and oxygen atoms in total. The maximum absolute atomic E-state index is 12.8. The van der Waals surface area contributed by atoms with E-state index in [9.17, 15) is 9.90 Å². The van der Waals surface area contributed by atoms with Gasteiger partial charge in [0, 0.05) is 12.2 Å². The first-order valence-corrected chi connectivity index (χ1v) is 7.65. The molecular weight excluding hydrogens is 292 g/mol. The van der Waals surface area contributed by atoms with E-state index in [1.165, 1.54) is 0 Å². The third-order valence-electron chi connectivity index (χ3n) is 4.03. The summed E-state index contributed by atoms with van der Waals surface area (Å²) in [5.41, 5.74) is 8.56. The maximum atomic E-state index is 12.8. The van der Waals surface area contributed by atoms with Crippen molar-refractivity contribution < 1.29 is 9.90 Å². The van der Waals surface area contributed by atoms with Crippen molar-refractivity contribution in [3.8, 4) is 0 Å². The quantitative estimate of drug-likeness (QED) is 0.883.